The van der Waals surface area contributed by atoms with Gasteiger partial charge in [-0.15, -0.1) is 0 Å². The molecule has 0 spiro atoms. The molecule has 0 saturated heterocycles. The molecule has 0 aliphatic heterocycles. The van der Waals surface area contributed by atoms with Gasteiger partial charge in [0, 0.05) is 4.83 Å². The fraction of sp³-hybridized carbons (Fsp3) is 0.400. The summed E-state index contributed by atoms with van der Waals surface area (Å²) in [6.45, 7) is 1.96. The van der Waals surface area contributed by atoms with Gasteiger partial charge in [0.2, 0.25) is 0 Å². The summed E-state index contributed by atoms with van der Waals surface area (Å²) < 4.78 is 36.5. The molecule has 0 amide bonds. The number of benzene rings is 1. The third-order valence-electron chi connectivity index (χ3n) is 1.80. The van der Waals surface area contributed by atoms with E-state index in [0.717, 1.165) is 24.1 Å². The molecule has 0 N–H and O–H groups in total. The first-order valence-electron chi connectivity index (χ1n) is 4.20. The Morgan fingerprint density at radius 1 is 1.21 bits per heavy atom. The van der Waals surface area contributed by atoms with Gasteiger partial charge in [-0.3, -0.25) is 0 Å². The van der Waals surface area contributed by atoms with Crippen molar-refractivity contribution in [1.82, 2.24) is 0 Å². The maximum Gasteiger partial charge on any atom is 0.416 e. The third kappa shape index (κ3) is 3.33. The van der Waals surface area contributed by atoms with Crippen molar-refractivity contribution >= 4 is 15.9 Å². The first kappa shape index (κ1) is 11.6. The highest BCUT2D eigenvalue weighted by Crippen LogP contribution is 2.29. The van der Waals surface area contributed by atoms with E-state index in [-0.39, 0.29) is 4.83 Å². The van der Waals surface area contributed by atoms with Gasteiger partial charge in [0.1, 0.15) is 0 Å². The molecule has 0 unspecified atom stereocenters. The monoisotopic (exact) mass is 266 g/mol. The Balaban J connectivity index is 2.79. The predicted octanol–water partition coefficient (Wildman–Crippen LogP) is 4.03. The normalized spacial score (nSPS) is 14.1. The highest BCUT2D eigenvalue weighted by atomic mass is 79.9. The Morgan fingerprint density at radius 2 is 1.71 bits per heavy atom. The van der Waals surface area contributed by atoms with Crippen LogP contribution in [0.4, 0.5) is 13.2 Å². The van der Waals surface area contributed by atoms with Gasteiger partial charge in [0.05, 0.1) is 5.56 Å². The van der Waals surface area contributed by atoms with Crippen LogP contribution < -0.4 is 0 Å². The van der Waals surface area contributed by atoms with Crippen LogP contribution in [-0.2, 0) is 12.6 Å². The number of halogens is 4. The summed E-state index contributed by atoms with van der Waals surface area (Å²) >= 11 is 3.35. The van der Waals surface area contributed by atoms with Gasteiger partial charge in [-0.25, -0.2) is 0 Å². The first-order valence-corrected chi connectivity index (χ1v) is 5.11. The highest BCUT2D eigenvalue weighted by Gasteiger charge is 2.29. The van der Waals surface area contributed by atoms with E-state index in [0.29, 0.717) is 0 Å². The second-order valence-corrected chi connectivity index (χ2v) is 4.74. The molecule has 78 valence electrons. The van der Waals surface area contributed by atoms with Crippen molar-refractivity contribution in [2.45, 2.75) is 24.3 Å². The fourth-order valence-corrected chi connectivity index (χ4v) is 1.53. The molecule has 14 heavy (non-hydrogen) atoms. The van der Waals surface area contributed by atoms with Crippen molar-refractivity contribution in [3.63, 3.8) is 0 Å². The van der Waals surface area contributed by atoms with E-state index in [1.807, 2.05) is 6.92 Å². The highest BCUT2D eigenvalue weighted by molar-refractivity contribution is 9.09. The third-order valence-corrected chi connectivity index (χ3v) is 2.12. The van der Waals surface area contributed by atoms with Crippen molar-refractivity contribution in [1.29, 1.82) is 0 Å². The van der Waals surface area contributed by atoms with Gasteiger partial charge in [-0.1, -0.05) is 35.0 Å². The maximum absolute atomic E-state index is 12.2. The van der Waals surface area contributed by atoms with E-state index in [4.69, 9.17) is 0 Å². The standard InChI is InChI=1S/C10H10BrF3/c1-7(11)6-8-2-4-9(5-3-8)10(12,13)14/h2-5,7H,6H2,1H3/t7-/m1/s1. The summed E-state index contributed by atoms with van der Waals surface area (Å²) in [5.74, 6) is 0. The van der Waals surface area contributed by atoms with Crippen molar-refractivity contribution in [2.75, 3.05) is 0 Å². The Bertz CT molecular complexity index is 287. The number of hydrogen-bond donors (Lipinski definition) is 0. The van der Waals surface area contributed by atoms with Crippen LogP contribution in [0.3, 0.4) is 0 Å². The zero-order valence-electron chi connectivity index (χ0n) is 7.61. The van der Waals surface area contributed by atoms with Crippen LogP contribution in [0.1, 0.15) is 18.1 Å². The lowest BCUT2D eigenvalue weighted by atomic mass is 10.1. The van der Waals surface area contributed by atoms with Crippen LogP contribution in [0.5, 0.6) is 0 Å². The molecule has 0 aliphatic carbocycles. The molecule has 4 heteroatoms. The second-order valence-electron chi connectivity index (χ2n) is 3.18. The minimum Gasteiger partial charge on any atom is -0.166 e. The Hall–Kier alpha value is -0.510. The first-order chi connectivity index (χ1) is 6.39. The van der Waals surface area contributed by atoms with Gasteiger partial charge in [-0.2, -0.15) is 13.2 Å². The summed E-state index contributed by atoms with van der Waals surface area (Å²) in [7, 11) is 0. The van der Waals surface area contributed by atoms with E-state index in [2.05, 4.69) is 15.9 Å². The molecule has 0 bridgehead atoms. The lowest BCUT2D eigenvalue weighted by molar-refractivity contribution is -0.137. The quantitative estimate of drug-likeness (QED) is 0.709. The number of alkyl halides is 4. The molecule has 0 heterocycles. The van der Waals surface area contributed by atoms with Crippen LogP contribution in [-0.4, -0.2) is 4.83 Å². The van der Waals surface area contributed by atoms with E-state index < -0.39 is 11.7 Å². The molecular weight excluding hydrogens is 257 g/mol. The second kappa shape index (κ2) is 4.34. The zero-order valence-corrected chi connectivity index (χ0v) is 9.19. The SMILES string of the molecule is C[C@@H](Br)Cc1ccc(C(F)(F)F)cc1. The van der Waals surface area contributed by atoms with Crippen molar-refractivity contribution in [3.05, 3.63) is 35.4 Å². The molecule has 1 rings (SSSR count). The van der Waals surface area contributed by atoms with Crippen LogP contribution in [0.25, 0.3) is 0 Å². The smallest absolute Gasteiger partial charge is 0.166 e. The lowest BCUT2D eigenvalue weighted by Crippen LogP contribution is -2.05. The minimum atomic E-state index is -4.24. The minimum absolute atomic E-state index is 0.277. The zero-order chi connectivity index (χ0) is 10.8. The molecule has 0 radical (unpaired) electrons. The summed E-state index contributed by atoms with van der Waals surface area (Å²) in [4.78, 5) is 0.277. The van der Waals surface area contributed by atoms with Crippen LogP contribution in [0, 0.1) is 0 Å². The molecule has 0 fully saturated rings. The van der Waals surface area contributed by atoms with Crippen LogP contribution >= 0.6 is 15.9 Å². The summed E-state index contributed by atoms with van der Waals surface area (Å²) in [6.07, 6.45) is -3.50. The average molecular weight is 267 g/mol. The van der Waals surface area contributed by atoms with Gasteiger partial charge in [0.25, 0.3) is 0 Å². The maximum atomic E-state index is 12.2. The Morgan fingerprint density at radius 3 is 2.07 bits per heavy atom. The predicted molar refractivity (Wildman–Crippen MR) is 53.5 cm³/mol. The molecule has 1 atom stereocenters. The van der Waals surface area contributed by atoms with Crippen molar-refractivity contribution in [2.24, 2.45) is 0 Å². The summed E-state index contributed by atoms with van der Waals surface area (Å²) in [5.41, 5.74) is 0.311. The molecule has 0 saturated carbocycles. The summed E-state index contributed by atoms with van der Waals surface area (Å²) in [6, 6.07) is 5.26. The van der Waals surface area contributed by atoms with Crippen LogP contribution in [0.2, 0.25) is 0 Å². The topological polar surface area (TPSA) is 0 Å². The number of hydrogen-bond acceptors (Lipinski definition) is 0. The Kier molecular flexibility index (Phi) is 3.59. The van der Waals surface area contributed by atoms with Gasteiger partial charge in [0.15, 0.2) is 0 Å². The number of rotatable bonds is 2. The largest absolute Gasteiger partial charge is 0.416 e. The van der Waals surface area contributed by atoms with E-state index in [9.17, 15) is 13.2 Å². The fourth-order valence-electron chi connectivity index (χ4n) is 1.15. The van der Waals surface area contributed by atoms with Crippen molar-refractivity contribution in [3.8, 4) is 0 Å². The van der Waals surface area contributed by atoms with Gasteiger partial charge < -0.3 is 0 Å². The summed E-state index contributed by atoms with van der Waals surface area (Å²) in [5, 5.41) is 0. The van der Waals surface area contributed by atoms with Gasteiger partial charge in [-0.05, 0) is 24.1 Å². The van der Waals surface area contributed by atoms with Crippen LogP contribution in [0.15, 0.2) is 24.3 Å². The Labute approximate surface area is 89.3 Å². The molecule has 1 aromatic rings. The van der Waals surface area contributed by atoms with Gasteiger partial charge >= 0.3 is 6.18 Å². The molecule has 0 aliphatic rings. The molecule has 0 aromatic heterocycles. The average Bonchev–Trinajstić information content (AvgIpc) is 2.02. The van der Waals surface area contributed by atoms with E-state index in [1.165, 1.54) is 12.1 Å². The van der Waals surface area contributed by atoms with E-state index >= 15 is 0 Å². The van der Waals surface area contributed by atoms with Crippen molar-refractivity contribution < 1.29 is 13.2 Å². The molecule has 1 aromatic carbocycles. The molecular formula is C10H10BrF3. The molecule has 0 nitrogen and oxygen atoms in total. The van der Waals surface area contributed by atoms with E-state index in [1.54, 1.807) is 0 Å². The lowest BCUT2D eigenvalue weighted by Gasteiger charge is -2.08.